The minimum Gasteiger partial charge on any atom is -0.391 e. The van der Waals surface area contributed by atoms with Gasteiger partial charge in [0, 0.05) is 6.54 Å². The van der Waals surface area contributed by atoms with Crippen LogP contribution in [0.15, 0.2) is 29.1 Å². The Morgan fingerprint density at radius 3 is 2.74 bits per heavy atom. The summed E-state index contributed by atoms with van der Waals surface area (Å²) in [4.78, 5) is 18.8. The molecule has 0 saturated heterocycles. The Balaban J connectivity index is 2.21. The number of nitrogens with zero attached hydrogens (tertiary/aromatic N) is 1. The maximum atomic E-state index is 11.8. The van der Waals surface area contributed by atoms with Crippen molar-refractivity contribution in [2.45, 2.75) is 26.9 Å². The predicted octanol–water partition coefficient (Wildman–Crippen LogP) is 1.74. The van der Waals surface area contributed by atoms with Gasteiger partial charge in [0.2, 0.25) is 5.95 Å². The first kappa shape index (κ1) is 13.5. The van der Waals surface area contributed by atoms with Gasteiger partial charge in [-0.2, -0.15) is 0 Å². The number of fused-ring (bicyclic) bond motifs is 1. The summed E-state index contributed by atoms with van der Waals surface area (Å²) >= 11 is 0. The zero-order valence-corrected chi connectivity index (χ0v) is 11.4. The van der Waals surface area contributed by atoms with Gasteiger partial charge in [-0.3, -0.25) is 9.78 Å². The summed E-state index contributed by atoms with van der Waals surface area (Å²) < 4.78 is 0. The number of aliphatic hydroxyl groups excluding tert-OH is 1. The Morgan fingerprint density at radius 1 is 1.37 bits per heavy atom. The molecule has 2 rings (SSSR count). The van der Waals surface area contributed by atoms with Crippen molar-refractivity contribution >= 4 is 16.9 Å². The molecule has 1 aromatic heterocycles. The smallest absolute Gasteiger partial charge is 0.260 e. The Kier molecular flexibility index (Phi) is 3.57. The highest BCUT2D eigenvalue weighted by molar-refractivity contribution is 5.78. The molecule has 0 bridgehead atoms. The van der Waals surface area contributed by atoms with Crippen LogP contribution in [0.1, 0.15) is 20.8 Å². The second-order valence-corrected chi connectivity index (χ2v) is 5.69. The first-order valence-electron chi connectivity index (χ1n) is 6.29. The number of aromatic amines is 1. The van der Waals surface area contributed by atoms with Crippen molar-refractivity contribution in [2.24, 2.45) is 5.41 Å². The molecule has 0 radical (unpaired) electrons. The largest absolute Gasteiger partial charge is 0.391 e. The lowest BCUT2D eigenvalue weighted by Crippen LogP contribution is -2.33. The summed E-state index contributed by atoms with van der Waals surface area (Å²) in [5.74, 6) is 0.381. The summed E-state index contributed by atoms with van der Waals surface area (Å²) in [5.41, 5.74) is 0.238. The standard InChI is InChI=1S/C14H19N3O2/c1-14(2,3)11(18)8-15-13-16-10-7-5-4-6-9(10)12(19)17-13/h4-7,11,18H,8H2,1-3H3,(H2,15,16,17,19)/t11-/m1/s1. The zero-order valence-electron chi connectivity index (χ0n) is 11.4. The van der Waals surface area contributed by atoms with E-state index in [1.807, 2.05) is 26.8 Å². The number of aliphatic hydroxyl groups is 1. The van der Waals surface area contributed by atoms with Gasteiger partial charge in [-0.1, -0.05) is 32.9 Å². The maximum Gasteiger partial charge on any atom is 0.260 e. The quantitative estimate of drug-likeness (QED) is 0.786. The van der Waals surface area contributed by atoms with Crippen molar-refractivity contribution in [3.8, 4) is 0 Å². The van der Waals surface area contributed by atoms with E-state index < -0.39 is 6.10 Å². The van der Waals surface area contributed by atoms with Crippen LogP contribution >= 0.6 is 0 Å². The maximum absolute atomic E-state index is 11.8. The fraction of sp³-hybridized carbons (Fsp3) is 0.429. The van der Waals surface area contributed by atoms with Crippen molar-refractivity contribution in [3.05, 3.63) is 34.6 Å². The van der Waals surface area contributed by atoms with E-state index in [0.717, 1.165) is 0 Å². The van der Waals surface area contributed by atoms with E-state index in [2.05, 4.69) is 15.3 Å². The van der Waals surface area contributed by atoms with Crippen LogP contribution in [0, 0.1) is 5.41 Å². The number of H-pyrrole nitrogens is 1. The molecule has 1 aromatic carbocycles. The molecule has 0 aliphatic rings. The van der Waals surface area contributed by atoms with Crippen molar-refractivity contribution in [3.63, 3.8) is 0 Å². The van der Waals surface area contributed by atoms with Gasteiger partial charge in [-0.05, 0) is 17.5 Å². The molecule has 102 valence electrons. The van der Waals surface area contributed by atoms with Crippen molar-refractivity contribution in [2.75, 3.05) is 11.9 Å². The van der Waals surface area contributed by atoms with Crippen LogP contribution in [0.4, 0.5) is 5.95 Å². The molecule has 2 aromatic rings. The minimum atomic E-state index is -0.524. The number of nitrogens with one attached hydrogen (secondary N) is 2. The second kappa shape index (κ2) is 5.01. The third-order valence-electron chi connectivity index (χ3n) is 3.08. The van der Waals surface area contributed by atoms with Crippen molar-refractivity contribution in [1.29, 1.82) is 0 Å². The Labute approximate surface area is 111 Å². The van der Waals surface area contributed by atoms with Crippen LogP contribution in [0.2, 0.25) is 0 Å². The first-order chi connectivity index (χ1) is 8.88. The fourth-order valence-electron chi connectivity index (χ4n) is 1.67. The molecule has 1 heterocycles. The van der Waals surface area contributed by atoms with Gasteiger partial charge in [0.15, 0.2) is 0 Å². The zero-order chi connectivity index (χ0) is 14.0. The Bertz CT molecular complexity index is 628. The molecule has 5 heteroatoms. The normalized spacial score (nSPS) is 13.5. The van der Waals surface area contributed by atoms with Gasteiger partial charge in [0.05, 0.1) is 17.0 Å². The lowest BCUT2D eigenvalue weighted by atomic mass is 9.89. The molecule has 0 aliphatic heterocycles. The molecule has 3 N–H and O–H groups in total. The highest BCUT2D eigenvalue weighted by Gasteiger charge is 2.21. The van der Waals surface area contributed by atoms with Crippen LogP contribution in [-0.2, 0) is 0 Å². The third-order valence-corrected chi connectivity index (χ3v) is 3.08. The monoisotopic (exact) mass is 261 g/mol. The van der Waals surface area contributed by atoms with Gasteiger partial charge >= 0.3 is 0 Å². The van der Waals surface area contributed by atoms with Crippen LogP contribution in [-0.4, -0.2) is 27.7 Å². The fourth-order valence-corrected chi connectivity index (χ4v) is 1.67. The third kappa shape index (κ3) is 3.12. The topological polar surface area (TPSA) is 78.0 Å². The average Bonchev–Trinajstić information content (AvgIpc) is 2.35. The molecule has 0 fully saturated rings. The number of para-hydroxylation sites is 1. The van der Waals surface area contributed by atoms with E-state index >= 15 is 0 Å². The molecule has 0 spiro atoms. The SMILES string of the molecule is CC(C)(C)[C@H](O)CNc1nc2ccccc2c(=O)[nH]1. The van der Waals surface area contributed by atoms with Crippen LogP contribution in [0.3, 0.4) is 0 Å². The molecular formula is C14H19N3O2. The molecular weight excluding hydrogens is 242 g/mol. The average molecular weight is 261 g/mol. The highest BCUT2D eigenvalue weighted by atomic mass is 16.3. The molecule has 5 nitrogen and oxygen atoms in total. The lowest BCUT2D eigenvalue weighted by Gasteiger charge is -2.25. The van der Waals surface area contributed by atoms with Crippen LogP contribution in [0.5, 0.6) is 0 Å². The number of benzene rings is 1. The van der Waals surface area contributed by atoms with E-state index in [0.29, 0.717) is 23.4 Å². The van der Waals surface area contributed by atoms with E-state index in [4.69, 9.17) is 0 Å². The summed E-state index contributed by atoms with van der Waals surface area (Å²) in [6.45, 7) is 6.20. The number of anilines is 1. The van der Waals surface area contributed by atoms with Crippen LogP contribution < -0.4 is 10.9 Å². The number of aromatic nitrogens is 2. The lowest BCUT2D eigenvalue weighted by molar-refractivity contribution is 0.0744. The van der Waals surface area contributed by atoms with Crippen molar-refractivity contribution < 1.29 is 5.11 Å². The van der Waals surface area contributed by atoms with Gasteiger partial charge < -0.3 is 10.4 Å². The van der Waals surface area contributed by atoms with E-state index in [1.54, 1.807) is 18.2 Å². The summed E-state index contributed by atoms with van der Waals surface area (Å²) in [7, 11) is 0. The van der Waals surface area contributed by atoms with Crippen LogP contribution in [0.25, 0.3) is 10.9 Å². The summed E-state index contributed by atoms with van der Waals surface area (Å²) in [6.07, 6.45) is -0.524. The molecule has 1 atom stereocenters. The van der Waals surface area contributed by atoms with E-state index in [-0.39, 0.29) is 11.0 Å². The van der Waals surface area contributed by atoms with Gasteiger partial charge in [-0.15, -0.1) is 0 Å². The minimum absolute atomic E-state index is 0.182. The van der Waals surface area contributed by atoms with Gasteiger partial charge in [-0.25, -0.2) is 4.98 Å². The molecule has 0 amide bonds. The first-order valence-corrected chi connectivity index (χ1v) is 6.29. The molecule has 0 saturated carbocycles. The number of hydrogen-bond acceptors (Lipinski definition) is 4. The predicted molar refractivity (Wildman–Crippen MR) is 76.3 cm³/mol. The molecule has 0 aliphatic carbocycles. The van der Waals surface area contributed by atoms with Gasteiger partial charge in [0.25, 0.3) is 5.56 Å². The Hall–Kier alpha value is -1.88. The summed E-state index contributed by atoms with van der Waals surface area (Å²) in [6, 6.07) is 7.16. The van der Waals surface area contributed by atoms with Gasteiger partial charge in [0.1, 0.15) is 0 Å². The highest BCUT2D eigenvalue weighted by Crippen LogP contribution is 2.19. The second-order valence-electron chi connectivity index (χ2n) is 5.69. The van der Waals surface area contributed by atoms with E-state index in [1.165, 1.54) is 0 Å². The molecule has 19 heavy (non-hydrogen) atoms. The van der Waals surface area contributed by atoms with E-state index in [9.17, 15) is 9.90 Å². The number of rotatable bonds is 3. The molecule has 0 unspecified atom stereocenters. The number of hydrogen-bond donors (Lipinski definition) is 3. The summed E-state index contributed by atoms with van der Waals surface area (Å²) in [5, 5.41) is 13.5. The van der Waals surface area contributed by atoms with Crippen molar-refractivity contribution in [1.82, 2.24) is 9.97 Å². The Morgan fingerprint density at radius 2 is 2.05 bits per heavy atom.